The quantitative estimate of drug-likeness (QED) is 0.835. The second-order valence-electron chi connectivity index (χ2n) is 5.41. The average molecular weight is 293 g/mol. The van der Waals surface area contributed by atoms with E-state index in [9.17, 15) is 4.79 Å². The Morgan fingerprint density at radius 3 is 2.43 bits per heavy atom. The average Bonchev–Trinajstić information content (AvgIpc) is 2.49. The Bertz CT molecular complexity index is 438. The summed E-state index contributed by atoms with van der Waals surface area (Å²) in [6, 6.07) is 7.56. The molecule has 2 rings (SSSR count). The minimum Gasteiger partial charge on any atom is -0.497 e. The molecule has 5 heteroatoms. The Labute approximate surface area is 125 Å². The minimum absolute atomic E-state index is 0.302. The van der Waals surface area contributed by atoms with Crippen LogP contribution in [0.2, 0.25) is 0 Å². The van der Waals surface area contributed by atoms with Gasteiger partial charge in [-0.2, -0.15) is 0 Å². The molecule has 1 aromatic rings. The van der Waals surface area contributed by atoms with Gasteiger partial charge in [-0.1, -0.05) is 0 Å². The van der Waals surface area contributed by atoms with Crippen LogP contribution in [0.15, 0.2) is 24.3 Å². The second kappa shape index (κ2) is 7.88. The highest BCUT2D eigenvalue weighted by atomic mass is 16.5. The number of aliphatic carboxylic acids is 1. The Morgan fingerprint density at radius 1 is 1.24 bits per heavy atom. The molecule has 0 saturated carbocycles. The maximum absolute atomic E-state index is 10.7. The second-order valence-corrected chi connectivity index (χ2v) is 5.41. The highest BCUT2D eigenvalue weighted by Gasteiger charge is 2.20. The lowest BCUT2D eigenvalue weighted by Gasteiger charge is -2.31. The molecule has 1 aromatic carbocycles. The molecule has 1 aliphatic rings. The van der Waals surface area contributed by atoms with Crippen molar-refractivity contribution in [2.24, 2.45) is 5.92 Å². The molecule has 0 radical (unpaired) electrons. The summed E-state index contributed by atoms with van der Waals surface area (Å²) in [6.45, 7) is 3.45. The first kappa shape index (κ1) is 15.6. The van der Waals surface area contributed by atoms with Crippen LogP contribution in [0, 0.1) is 5.92 Å². The van der Waals surface area contributed by atoms with Crippen LogP contribution in [0.25, 0.3) is 0 Å². The van der Waals surface area contributed by atoms with Crippen molar-refractivity contribution in [3.8, 4) is 11.5 Å². The summed E-state index contributed by atoms with van der Waals surface area (Å²) in [4.78, 5) is 13.0. The summed E-state index contributed by atoms with van der Waals surface area (Å²) in [6.07, 6.45) is 2.24. The zero-order chi connectivity index (χ0) is 15.1. The smallest absolute Gasteiger partial charge is 0.303 e. The lowest BCUT2D eigenvalue weighted by atomic mass is 9.94. The van der Waals surface area contributed by atoms with Crippen molar-refractivity contribution in [3.05, 3.63) is 24.3 Å². The Morgan fingerprint density at radius 2 is 1.86 bits per heavy atom. The van der Waals surface area contributed by atoms with E-state index in [2.05, 4.69) is 4.90 Å². The summed E-state index contributed by atoms with van der Waals surface area (Å²) >= 11 is 0. The standard InChI is InChI=1S/C16H23NO4/c1-20-14-2-4-15(5-3-14)21-11-10-17-8-6-13(7-9-17)12-16(18)19/h2-5,13H,6-12H2,1H3,(H,18,19). The number of ether oxygens (including phenoxy) is 2. The third-order valence-corrected chi connectivity index (χ3v) is 3.91. The van der Waals surface area contributed by atoms with Gasteiger partial charge in [0, 0.05) is 13.0 Å². The van der Waals surface area contributed by atoms with Crippen molar-refractivity contribution in [2.45, 2.75) is 19.3 Å². The van der Waals surface area contributed by atoms with E-state index in [-0.39, 0.29) is 0 Å². The fourth-order valence-corrected chi connectivity index (χ4v) is 2.63. The Balaban J connectivity index is 1.64. The van der Waals surface area contributed by atoms with E-state index < -0.39 is 5.97 Å². The number of likely N-dealkylation sites (tertiary alicyclic amines) is 1. The maximum Gasteiger partial charge on any atom is 0.303 e. The fourth-order valence-electron chi connectivity index (χ4n) is 2.63. The number of methoxy groups -OCH3 is 1. The predicted molar refractivity (Wildman–Crippen MR) is 79.9 cm³/mol. The number of hydrogen-bond acceptors (Lipinski definition) is 4. The van der Waals surface area contributed by atoms with E-state index >= 15 is 0 Å². The molecule has 21 heavy (non-hydrogen) atoms. The molecule has 0 unspecified atom stereocenters. The van der Waals surface area contributed by atoms with E-state index in [1.165, 1.54) is 0 Å². The third-order valence-electron chi connectivity index (χ3n) is 3.91. The van der Waals surface area contributed by atoms with Crippen molar-refractivity contribution in [2.75, 3.05) is 33.4 Å². The van der Waals surface area contributed by atoms with Crippen LogP contribution in [-0.2, 0) is 4.79 Å². The zero-order valence-electron chi connectivity index (χ0n) is 12.5. The summed E-state index contributed by atoms with van der Waals surface area (Å²) in [7, 11) is 1.64. The lowest BCUT2D eigenvalue weighted by molar-refractivity contribution is -0.138. The van der Waals surface area contributed by atoms with Crippen LogP contribution in [0.3, 0.4) is 0 Å². The molecule has 1 N–H and O–H groups in total. The van der Waals surface area contributed by atoms with Crippen LogP contribution in [0.5, 0.6) is 11.5 Å². The molecule has 0 bridgehead atoms. The van der Waals surface area contributed by atoms with Gasteiger partial charge in [0.25, 0.3) is 0 Å². The van der Waals surface area contributed by atoms with Gasteiger partial charge in [0.05, 0.1) is 7.11 Å². The first-order chi connectivity index (χ1) is 10.2. The molecular formula is C16H23NO4. The molecule has 0 spiro atoms. The lowest BCUT2D eigenvalue weighted by Crippen LogP contribution is -2.37. The molecule has 1 saturated heterocycles. The summed E-state index contributed by atoms with van der Waals surface area (Å²) < 4.78 is 10.8. The fraction of sp³-hybridized carbons (Fsp3) is 0.562. The zero-order valence-corrected chi connectivity index (χ0v) is 12.5. The predicted octanol–water partition coefficient (Wildman–Crippen LogP) is 2.26. The van der Waals surface area contributed by atoms with Gasteiger partial charge in [0.2, 0.25) is 0 Å². The van der Waals surface area contributed by atoms with Crippen molar-refractivity contribution in [1.29, 1.82) is 0 Å². The minimum atomic E-state index is -0.684. The third kappa shape index (κ3) is 5.27. The number of rotatable bonds is 7. The van der Waals surface area contributed by atoms with Gasteiger partial charge < -0.3 is 14.6 Å². The van der Waals surface area contributed by atoms with Gasteiger partial charge in [-0.15, -0.1) is 0 Å². The molecule has 0 amide bonds. The molecular weight excluding hydrogens is 270 g/mol. The van der Waals surface area contributed by atoms with Crippen molar-refractivity contribution >= 4 is 5.97 Å². The largest absolute Gasteiger partial charge is 0.497 e. The van der Waals surface area contributed by atoms with Crippen molar-refractivity contribution in [3.63, 3.8) is 0 Å². The molecule has 1 heterocycles. The van der Waals surface area contributed by atoms with Crippen LogP contribution in [-0.4, -0.2) is 49.3 Å². The first-order valence-corrected chi connectivity index (χ1v) is 7.38. The summed E-state index contributed by atoms with van der Waals surface area (Å²) in [5, 5.41) is 8.79. The Kier molecular flexibility index (Phi) is 5.87. The SMILES string of the molecule is COc1ccc(OCCN2CCC(CC(=O)O)CC2)cc1. The first-order valence-electron chi connectivity index (χ1n) is 7.38. The van der Waals surface area contributed by atoms with Gasteiger partial charge >= 0.3 is 5.97 Å². The van der Waals surface area contributed by atoms with Crippen molar-refractivity contribution in [1.82, 2.24) is 4.90 Å². The van der Waals surface area contributed by atoms with Crippen LogP contribution in [0.4, 0.5) is 0 Å². The van der Waals surface area contributed by atoms with E-state index in [1.54, 1.807) is 7.11 Å². The van der Waals surface area contributed by atoms with Crippen molar-refractivity contribution < 1.29 is 19.4 Å². The number of carboxylic acid groups (broad SMARTS) is 1. The molecule has 0 atom stereocenters. The number of benzene rings is 1. The molecule has 5 nitrogen and oxygen atoms in total. The normalized spacial score (nSPS) is 16.6. The van der Waals surface area contributed by atoms with Gasteiger partial charge in [0.15, 0.2) is 0 Å². The van der Waals surface area contributed by atoms with Gasteiger partial charge in [-0.25, -0.2) is 0 Å². The van der Waals surface area contributed by atoms with Gasteiger partial charge in [-0.05, 0) is 56.1 Å². The highest BCUT2D eigenvalue weighted by molar-refractivity contribution is 5.67. The highest BCUT2D eigenvalue weighted by Crippen LogP contribution is 2.20. The van der Waals surface area contributed by atoms with Crippen LogP contribution >= 0.6 is 0 Å². The van der Waals surface area contributed by atoms with E-state index in [0.29, 0.717) is 18.9 Å². The Hall–Kier alpha value is -1.75. The van der Waals surface area contributed by atoms with Gasteiger partial charge in [0.1, 0.15) is 18.1 Å². The van der Waals surface area contributed by atoms with Gasteiger partial charge in [-0.3, -0.25) is 9.69 Å². The van der Waals surface area contributed by atoms with E-state index in [0.717, 1.165) is 44.0 Å². The summed E-state index contributed by atoms with van der Waals surface area (Å²) in [5.74, 6) is 1.32. The molecule has 0 aromatic heterocycles. The van der Waals surface area contributed by atoms with Crippen LogP contribution in [0.1, 0.15) is 19.3 Å². The number of carboxylic acids is 1. The molecule has 1 fully saturated rings. The number of hydrogen-bond donors (Lipinski definition) is 1. The monoisotopic (exact) mass is 293 g/mol. The number of piperidine rings is 1. The van der Waals surface area contributed by atoms with Crippen LogP contribution < -0.4 is 9.47 Å². The topological polar surface area (TPSA) is 59.0 Å². The van der Waals surface area contributed by atoms with E-state index in [1.807, 2.05) is 24.3 Å². The molecule has 0 aliphatic carbocycles. The number of nitrogens with zero attached hydrogens (tertiary/aromatic N) is 1. The number of carbonyl (C=O) groups is 1. The maximum atomic E-state index is 10.7. The summed E-state index contributed by atoms with van der Waals surface area (Å²) in [5.41, 5.74) is 0. The molecule has 116 valence electrons. The molecule has 1 aliphatic heterocycles. The van der Waals surface area contributed by atoms with E-state index in [4.69, 9.17) is 14.6 Å².